The highest BCUT2D eigenvalue weighted by atomic mass is 35.5. The van der Waals surface area contributed by atoms with E-state index in [1.54, 1.807) is 10.4 Å². The number of rotatable bonds is 3. The molecular formula is C21H17ClN2O2S. The number of amides is 1. The van der Waals surface area contributed by atoms with Crippen LogP contribution in [0.2, 0.25) is 5.02 Å². The minimum absolute atomic E-state index is 0.349. The molecule has 3 aromatic rings. The van der Waals surface area contributed by atoms with Crippen molar-refractivity contribution in [2.45, 2.75) is 13.5 Å². The number of anilines is 1. The Morgan fingerprint density at radius 1 is 1.04 bits per heavy atom. The summed E-state index contributed by atoms with van der Waals surface area (Å²) in [4.78, 5) is 12.5. The van der Waals surface area contributed by atoms with E-state index in [0.717, 1.165) is 22.3 Å². The molecule has 0 saturated carbocycles. The van der Waals surface area contributed by atoms with Crippen molar-refractivity contribution < 1.29 is 9.35 Å². The largest absolute Gasteiger partial charge is 0.568 e. The maximum atomic E-state index is 12.5. The van der Waals surface area contributed by atoms with Crippen molar-refractivity contribution in [1.82, 2.24) is 4.72 Å². The molecule has 1 unspecified atom stereocenters. The Kier molecular flexibility index (Phi) is 4.83. The summed E-state index contributed by atoms with van der Waals surface area (Å²) in [6.45, 7) is 2.41. The van der Waals surface area contributed by atoms with Crippen molar-refractivity contribution in [2.24, 2.45) is 0 Å². The fraction of sp³-hybridized carbons (Fsp3) is 0.0952. The Labute approximate surface area is 166 Å². The molecule has 136 valence electrons. The molecule has 0 spiro atoms. The lowest BCUT2D eigenvalue weighted by Crippen LogP contribution is -2.48. The normalized spacial score (nSPS) is 16.0. The van der Waals surface area contributed by atoms with Gasteiger partial charge in [-0.2, -0.15) is 4.31 Å². The van der Waals surface area contributed by atoms with Crippen molar-refractivity contribution in [1.29, 1.82) is 0 Å². The van der Waals surface area contributed by atoms with Gasteiger partial charge in [0.1, 0.15) is 5.69 Å². The summed E-state index contributed by atoms with van der Waals surface area (Å²) in [5.41, 5.74) is 4.93. The first kappa shape index (κ1) is 17.9. The lowest BCUT2D eigenvalue weighted by atomic mass is 10.00. The van der Waals surface area contributed by atoms with Crippen molar-refractivity contribution in [3.63, 3.8) is 0 Å². The third kappa shape index (κ3) is 3.54. The fourth-order valence-corrected chi connectivity index (χ4v) is 4.46. The quantitative estimate of drug-likeness (QED) is 0.656. The molecular weight excluding hydrogens is 380 g/mol. The van der Waals surface area contributed by atoms with Crippen LogP contribution >= 0.6 is 11.6 Å². The highest BCUT2D eigenvalue weighted by Crippen LogP contribution is 2.35. The second-order valence-electron chi connectivity index (χ2n) is 6.42. The van der Waals surface area contributed by atoms with Crippen LogP contribution < -0.4 is 9.03 Å². The van der Waals surface area contributed by atoms with Gasteiger partial charge >= 0.3 is 0 Å². The minimum Gasteiger partial charge on any atom is -0.568 e. The molecule has 0 aromatic heterocycles. The van der Waals surface area contributed by atoms with E-state index in [1.807, 2.05) is 67.6 Å². The van der Waals surface area contributed by atoms with Gasteiger partial charge in [0.15, 0.2) is 11.5 Å². The summed E-state index contributed by atoms with van der Waals surface area (Å²) in [6.07, 6.45) is 0. The van der Waals surface area contributed by atoms with Crippen LogP contribution in [0.5, 0.6) is 0 Å². The topological polar surface area (TPSA) is 55.4 Å². The van der Waals surface area contributed by atoms with Crippen molar-refractivity contribution in [2.75, 3.05) is 4.31 Å². The molecule has 4 nitrogen and oxygen atoms in total. The van der Waals surface area contributed by atoms with Gasteiger partial charge < -0.3 is 4.55 Å². The van der Waals surface area contributed by atoms with Gasteiger partial charge in [-0.1, -0.05) is 60.1 Å². The van der Waals surface area contributed by atoms with Gasteiger partial charge in [-0.15, -0.1) is 4.72 Å². The van der Waals surface area contributed by atoms with Crippen LogP contribution in [0.1, 0.15) is 21.5 Å². The molecule has 3 aromatic carbocycles. The lowest BCUT2D eigenvalue weighted by Gasteiger charge is -2.30. The monoisotopic (exact) mass is 396 g/mol. The van der Waals surface area contributed by atoms with Crippen LogP contribution in [0.4, 0.5) is 5.69 Å². The van der Waals surface area contributed by atoms with E-state index >= 15 is 0 Å². The molecule has 0 saturated heterocycles. The number of hydrogen-bond donors (Lipinski definition) is 1. The summed E-state index contributed by atoms with van der Waals surface area (Å²) >= 11 is 4.76. The molecule has 0 fully saturated rings. The molecule has 1 heterocycles. The first-order valence-electron chi connectivity index (χ1n) is 8.48. The second-order valence-corrected chi connectivity index (χ2v) is 7.97. The molecule has 0 bridgehead atoms. The van der Waals surface area contributed by atoms with Crippen LogP contribution in [0, 0.1) is 6.92 Å². The summed E-state index contributed by atoms with van der Waals surface area (Å²) in [5.74, 6) is -0.349. The molecule has 6 heteroatoms. The number of fused-ring (bicyclic) bond motifs is 1. The van der Waals surface area contributed by atoms with E-state index in [4.69, 9.17) is 11.6 Å². The smallest absolute Gasteiger partial charge is 0.296 e. The summed E-state index contributed by atoms with van der Waals surface area (Å²) in [7, 11) is 0. The van der Waals surface area contributed by atoms with Gasteiger partial charge in [0, 0.05) is 10.6 Å². The molecule has 1 aliphatic rings. The maximum Gasteiger partial charge on any atom is 0.296 e. The standard InChI is InChI=1S/C21H17ClN2O2S/c1-14-7-9-17(19(22)11-14)16-8-10-20-18(12-16)21(25)23-27(26)24(20)13-15-5-3-2-4-6-15/h2-12H,13H2,1H3,(H,23,25). The number of nitrogens with zero attached hydrogens (tertiary/aromatic N) is 1. The number of carbonyl (C=O) groups excluding carboxylic acids is 1. The number of benzene rings is 3. The molecule has 1 atom stereocenters. The van der Waals surface area contributed by atoms with E-state index < -0.39 is 11.5 Å². The third-order valence-electron chi connectivity index (χ3n) is 4.49. The van der Waals surface area contributed by atoms with Crippen LogP contribution in [0.25, 0.3) is 11.1 Å². The maximum absolute atomic E-state index is 12.5. The summed E-state index contributed by atoms with van der Waals surface area (Å²) < 4.78 is 16.7. The van der Waals surface area contributed by atoms with Crippen molar-refractivity contribution in [3.8, 4) is 11.1 Å². The van der Waals surface area contributed by atoms with E-state index in [2.05, 4.69) is 4.72 Å². The third-order valence-corrected chi connectivity index (χ3v) is 5.89. The van der Waals surface area contributed by atoms with Crippen LogP contribution in [0.3, 0.4) is 0 Å². The minimum atomic E-state index is -1.62. The zero-order chi connectivity index (χ0) is 19.0. The Morgan fingerprint density at radius 2 is 1.81 bits per heavy atom. The number of halogens is 1. The Hall–Kier alpha value is -2.47. The highest BCUT2D eigenvalue weighted by Gasteiger charge is 2.34. The van der Waals surface area contributed by atoms with Crippen molar-refractivity contribution >= 4 is 34.7 Å². The molecule has 0 aliphatic carbocycles. The van der Waals surface area contributed by atoms with E-state index in [0.29, 0.717) is 22.8 Å². The van der Waals surface area contributed by atoms with E-state index in [1.165, 1.54) is 0 Å². The Morgan fingerprint density at radius 3 is 2.56 bits per heavy atom. The molecule has 1 amide bonds. The van der Waals surface area contributed by atoms with Crippen LogP contribution in [-0.4, -0.2) is 10.5 Å². The van der Waals surface area contributed by atoms with Gasteiger partial charge in [-0.3, -0.25) is 4.79 Å². The highest BCUT2D eigenvalue weighted by molar-refractivity contribution is 7.91. The molecule has 4 rings (SSSR count). The van der Waals surface area contributed by atoms with E-state index in [-0.39, 0.29) is 5.91 Å². The first-order valence-corrected chi connectivity index (χ1v) is 9.96. The zero-order valence-corrected chi connectivity index (χ0v) is 16.2. The SMILES string of the molecule is Cc1ccc(-c2ccc3c(c2)C(=O)N[S+]([O-])N3Cc2ccccc2)c(Cl)c1. The lowest BCUT2D eigenvalue weighted by molar-refractivity contribution is 0.0979. The van der Waals surface area contributed by atoms with Gasteiger partial charge in [0.2, 0.25) is 0 Å². The molecule has 27 heavy (non-hydrogen) atoms. The van der Waals surface area contributed by atoms with Crippen LogP contribution in [-0.2, 0) is 18.1 Å². The fourth-order valence-electron chi connectivity index (χ4n) is 3.13. The Balaban J connectivity index is 1.75. The Bertz CT molecular complexity index is 1010. The molecule has 0 radical (unpaired) electrons. The van der Waals surface area contributed by atoms with Gasteiger partial charge in [0.05, 0.1) is 12.1 Å². The average molecular weight is 397 g/mol. The number of aryl methyl sites for hydroxylation is 1. The van der Waals surface area contributed by atoms with Crippen LogP contribution in [0.15, 0.2) is 66.7 Å². The number of nitrogens with one attached hydrogen (secondary N) is 1. The predicted molar refractivity (Wildman–Crippen MR) is 110 cm³/mol. The zero-order valence-electron chi connectivity index (χ0n) is 14.6. The summed E-state index contributed by atoms with van der Waals surface area (Å²) in [5, 5.41) is 0.635. The van der Waals surface area contributed by atoms with Gasteiger partial charge in [-0.25, -0.2) is 0 Å². The van der Waals surface area contributed by atoms with Gasteiger partial charge in [-0.05, 0) is 41.8 Å². The molecule has 1 N–H and O–H groups in total. The number of carbonyl (C=O) groups is 1. The first-order chi connectivity index (χ1) is 13.0. The van der Waals surface area contributed by atoms with E-state index in [9.17, 15) is 9.35 Å². The second kappa shape index (κ2) is 7.27. The summed E-state index contributed by atoms with van der Waals surface area (Å²) in [6, 6.07) is 21.1. The van der Waals surface area contributed by atoms with Crippen molar-refractivity contribution in [3.05, 3.63) is 88.4 Å². The number of hydrogen-bond acceptors (Lipinski definition) is 3. The average Bonchev–Trinajstić information content (AvgIpc) is 2.66. The van der Waals surface area contributed by atoms with Gasteiger partial charge in [0.25, 0.3) is 5.91 Å². The predicted octanol–water partition coefficient (Wildman–Crippen LogP) is 4.64. The molecule has 1 aliphatic heterocycles.